The number of allylic oxidation sites excluding steroid dienone is 3. The maximum Gasteiger partial charge on any atom is 0.161 e. The highest BCUT2D eigenvalue weighted by Crippen LogP contribution is 2.35. The van der Waals surface area contributed by atoms with Gasteiger partial charge >= 0.3 is 0 Å². The van der Waals surface area contributed by atoms with E-state index in [1.807, 2.05) is 134 Å². The highest BCUT2D eigenvalue weighted by atomic mass is 35.5. The second-order valence-electron chi connectivity index (χ2n) is 14.6. The second-order valence-corrected chi connectivity index (χ2v) is 15.0. The van der Waals surface area contributed by atoms with Crippen LogP contribution in [-0.4, -0.2) is 50.3 Å². The third-order valence-corrected chi connectivity index (χ3v) is 10.6. The Hall–Kier alpha value is -4.99. The summed E-state index contributed by atoms with van der Waals surface area (Å²) >= 11 is 6.97. The summed E-state index contributed by atoms with van der Waals surface area (Å²) < 4.78 is 45.5. The molecule has 7 nitrogen and oxygen atoms in total. The minimum Gasteiger partial charge on any atom is -0.486 e. The van der Waals surface area contributed by atoms with Crippen LogP contribution in [0.1, 0.15) is 34.7 Å². The van der Waals surface area contributed by atoms with Crippen molar-refractivity contribution >= 4 is 11.6 Å². The summed E-state index contributed by atoms with van der Waals surface area (Å²) in [6, 6.07) is 46.5. The zero-order valence-corrected chi connectivity index (χ0v) is 33.7. The predicted octanol–water partition coefficient (Wildman–Crippen LogP) is 10.4. The van der Waals surface area contributed by atoms with Crippen LogP contribution in [0.2, 0.25) is 0 Å². The van der Waals surface area contributed by atoms with E-state index in [1.54, 1.807) is 0 Å². The van der Waals surface area contributed by atoms with Gasteiger partial charge in [0.05, 0.1) is 33.0 Å². The van der Waals surface area contributed by atoms with Gasteiger partial charge in [0.2, 0.25) is 0 Å². The van der Waals surface area contributed by atoms with E-state index in [-0.39, 0.29) is 6.61 Å². The molecule has 2 heterocycles. The molecule has 300 valence electrons. The standard InChI is InChI=1S/C50H51ClO7/c1-36(23-25-43(51)37(2)29-42-24-26-44-45(30-42)54-28-27-53-44)47-49(56-33-40-19-11-5-12-20-40)50(57-34-41-21-13-6-14-22-41)48(55-32-39-17-9-4-10-18-39)46(58-47)35-52-31-38-15-7-3-8-16-38/h3-26,30,46-50H,1,27-29,31-35H2,2H3. The van der Waals surface area contributed by atoms with Crippen molar-refractivity contribution in [2.24, 2.45) is 0 Å². The number of hydrogen-bond acceptors (Lipinski definition) is 7. The zero-order valence-electron chi connectivity index (χ0n) is 32.9. The average molecular weight is 799 g/mol. The number of rotatable bonds is 18. The predicted molar refractivity (Wildman–Crippen MR) is 228 cm³/mol. The SMILES string of the molecule is C=C(C=CC(Cl)=C(C)Cc1ccc2c(c1)OCCO2)C1OC(COCc2ccccc2)C(OCc2ccccc2)C(OCc2ccccc2)C1OCc1ccccc1. The first-order chi connectivity index (χ1) is 28.5. The Morgan fingerprint density at radius 3 is 1.67 bits per heavy atom. The van der Waals surface area contributed by atoms with Crippen LogP contribution in [0.15, 0.2) is 174 Å². The van der Waals surface area contributed by atoms with Gasteiger partial charge in [0.25, 0.3) is 0 Å². The molecule has 5 unspecified atom stereocenters. The summed E-state index contributed by atoms with van der Waals surface area (Å²) in [5.74, 6) is 1.52. The maximum absolute atomic E-state index is 7.02. The highest BCUT2D eigenvalue weighted by Gasteiger charge is 2.49. The molecule has 5 aromatic rings. The monoisotopic (exact) mass is 798 g/mol. The summed E-state index contributed by atoms with van der Waals surface area (Å²) in [4.78, 5) is 0. The Morgan fingerprint density at radius 1 is 0.603 bits per heavy atom. The fraction of sp³-hybridized carbons (Fsp3) is 0.280. The fourth-order valence-corrected chi connectivity index (χ4v) is 7.22. The van der Waals surface area contributed by atoms with Crippen molar-refractivity contribution in [3.05, 3.63) is 202 Å². The van der Waals surface area contributed by atoms with Crippen LogP contribution in [0, 0.1) is 0 Å². The van der Waals surface area contributed by atoms with Crippen molar-refractivity contribution in [1.82, 2.24) is 0 Å². The van der Waals surface area contributed by atoms with E-state index in [1.165, 1.54) is 0 Å². The molecule has 0 aromatic heterocycles. The van der Waals surface area contributed by atoms with Crippen molar-refractivity contribution < 1.29 is 33.2 Å². The van der Waals surface area contributed by atoms with E-state index in [2.05, 4.69) is 30.8 Å². The molecule has 0 N–H and O–H groups in total. The first-order valence-corrected chi connectivity index (χ1v) is 20.2. The molecule has 2 aliphatic heterocycles. The topological polar surface area (TPSA) is 64.6 Å². The van der Waals surface area contributed by atoms with Crippen LogP contribution in [0.3, 0.4) is 0 Å². The van der Waals surface area contributed by atoms with Gasteiger partial charge in [-0.15, -0.1) is 0 Å². The van der Waals surface area contributed by atoms with Crippen molar-refractivity contribution in [3.63, 3.8) is 0 Å². The summed E-state index contributed by atoms with van der Waals surface area (Å²) in [6.07, 6.45) is 1.58. The van der Waals surface area contributed by atoms with Crippen LogP contribution >= 0.6 is 11.6 Å². The molecule has 58 heavy (non-hydrogen) atoms. The largest absolute Gasteiger partial charge is 0.486 e. The van der Waals surface area contributed by atoms with Crippen molar-refractivity contribution in [3.8, 4) is 11.5 Å². The molecule has 0 bridgehead atoms. The molecule has 5 aromatic carbocycles. The number of hydrogen-bond donors (Lipinski definition) is 0. The zero-order chi connectivity index (χ0) is 39.9. The molecule has 0 aliphatic carbocycles. The van der Waals surface area contributed by atoms with Gasteiger partial charge in [0, 0.05) is 5.03 Å². The molecular formula is C50H51ClO7. The lowest BCUT2D eigenvalue weighted by atomic mass is 9.90. The Morgan fingerprint density at radius 2 is 1.10 bits per heavy atom. The summed E-state index contributed by atoms with van der Waals surface area (Å²) in [7, 11) is 0. The van der Waals surface area contributed by atoms with Crippen molar-refractivity contribution in [2.75, 3.05) is 19.8 Å². The summed E-state index contributed by atoms with van der Waals surface area (Å²) in [6.45, 7) is 9.38. The quantitative estimate of drug-likeness (QED) is 0.0818. The second kappa shape index (κ2) is 21.1. The van der Waals surface area contributed by atoms with Crippen molar-refractivity contribution in [1.29, 1.82) is 0 Å². The van der Waals surface area contributed by atoms with Gasteiger partial charge in [0.1, 0.15) is 43.7 Å². The van der Waals surface area contributed by atoms with Gasteiger partial charge in [-0.1, -0.05) is 157 Å². The molecular weight excluding hydrogens is 748 g/mol. The lowest BCUT2D eigenvalue weighted by molar-refractivity contribution is -0.264. The van der Waals surface area contributed by atoms with Crippen LogP contribution < -0.4 is 9.47 Å². The Kier molecular flexibility index (Phi) is 15.0. The molecule has 5 atom stereocenters. The van der Waals surface area contributed by atoms with Gasteiger partial charge in [-0.25, -0.2) is 0 Å². The van der Waals surface area contributed by atoms with Gasteiger partial charge in [0.15, 0.2) is 11.5 Å². The van der Waals surface area contributed by atoms with E-state index in [0.717, 1.165) is 44.9 Å². The van der Waals surface area contributed by atoms with Gasteiger partial charge < -0.3 is 33.2 Å². The summed E-state index contributed by atoms with van der Waals surface area (Å²) in [5.41, 5.74) is 6.93. The highest BCUT2D eigenvalue weighted by molar-refractivity contribution is 6.31. The Bertz CT molecular complexity index is 2090. The molecule has 8 heteroatoms. The lowest BCUT2D eigenvalue weighted by Gasteiger charge is -2.46. The van der Waals surface area contributed by atoms with E-state index in [0.29, 0.717) is 56.7 Å². The number of ether oxygens (including phenoxy) is 7. The minimum absolute atomic E-state index is 0.258. The molecule has 2 aliphatic rings. The first kappa shape index (κ1) is 41.2. The van der Waals surface area contributed by atoms with E-state index in [4.69, 9.17) is 44.8 Å². The Labute approximate surface area is 347 Å². The lowest BCUT2D eigenvalue weighted by Crippen LogP contribution is -2.61. The molecule has 0 radical (unpaired) electrons. The minimum atomic E-state index is -0.620. The van der Waals surface area contributed by atoms with Gasteiger partial charge in [-0.3, -0.25) is 0 Å². The van der Waals surface area contributed by atoms with Crippen molar-refractivity contribution in [2.45, 2.75) is 70.3 Å². The fourth-order valence-electron chi connectivity index (χ4n) is 7.09. The Balaban J connectivity index is 1.18. The maximum atomic E-state index is 7.02. The summed E-state index contributed by atoms with van der Waals surface area (Å²) in [5, 5.41) is 0.609. The molecule has 1 saturated heterocycles. The molecule has 0 amide bonds. The number of halogens is 1. The number of benzene rings is 5. The van der Waals surface area contributed by atoms with Gasteiger partial charge in [-0.2, -0.15) is 0 Å². The van der Waals surface area contributed by atoms with E-state index in [9.17, 15) is 0 Å². The van der Waals surface area contributed by atoms with E-state index < -0.39 is 30.5 Å². The van der Waals surface area contributed by atoms with Crippen LogP contribution in [0.25, 0.3) is 0 Å². The third kappa shape index (κ3) is 11.6. The van der Waals surface area contributed by atoms with E-state index >= 15 is 0 Å². The van der Waals surface area contributed by atoms with Crippen LogP contribution in [-0.2, 0) is 56.5 Å². The average Bonchev–Trinajstić information content (AvgIpc) is 3.27. The number of fused-ring (bicyclic) bond motifs is 1. The van der Waals surface area contributed by atoms with Gasteiger partial charge in [-0.05, 0) is 64.9 Å². The van der Waals surface area contributed by atoms with Crippen LogP contribution in [0.4, 0.5) is 0 Å². The smallest absolute Gasteiger partial charge is 0.161 e. The van der Waals surface area contributed by atoms with Crippen LogP contribution in [0.5, 0.6) is 11.5 Å². The normalized spacial score (nSPS) is 20.8. The first-order valence-electron chi connectivity index (χ1n) is 19.8. The molecule has 7 rings (SSSR count). The molecule has 1 fully saturated rings. The molecule has 0 spiro atoms. The third-order valence-electron chi connectivity index (χ3n) is 10.2. The molecule has 0 saturated carbocycles.